The van der Waals surface area contributed by atoms with E-state index in [1.165, 1.54) is 11.1 Å². The Balaban J connectivity index is 2.81. The molecule has 0 amide bonds. The zero-order chi connectivity index (χ0) is 12.0. The molecular formula is C14H22O2. The highest BCUT2D eigenvalue weighted by Gasteiger charge is 2.10. The summed E-state index contributed by atoms with van der Waals surface area (Å²) >= 11 is 0. The quantitative estimate of drug-likeness (QED) is 0.727. The number of hydrogen-bond donors (Lipinski definition) is 0. The molecule has 0 bridgehead atoms. The second-order valence-electron chi connectivity index (χ2n) is 3.93. The van der Waals surface area contributed by atoms with Crippen LogP contribution in [-0.2, 0) is 9.47 Å². The Morgan fingerprint density at radius 2 is 1.12 bits per heavy atom. The molecule has 0 aliphatic heterocycles. The minimum Gasteiger partial charge on any atom is -0.377 e. The van der Waals surface area contributed by atoms with E-state index in [-0.39, 0.29) is 12.2 Å². The van der Waals surface area contributed by atoms with Gasteiger partial charge in [0.05, 0.1) is 12.2 Å². The van der Waals surface area contributed by atoms with Crippen LogP contribution < -0.4 is 0 Å². The first kappa shape index (κ1) is 13.2. The van der Waals surface area contributed by atoms with Gasteiger partial charge in [0, 0.05) is 14.2 Å². The lowest BCUT2D eigenvalue weighted by molar-refractivity contribution is 0.0972. The second-order valence-corrected chi connectivity index (χ2v) is 3.93. The summed E-state index contributed by atoms with van der Waals surface area (Å²) in [7, 11) is 3.51. The Hall–Kier alpha value is -0.860. The van der Waals surface area contributed by atoms with Gasteiger partial charge in [0.15, 0.2) is 0 Å². The molecule has 0 spiro atoms. The molecule has 0 heterocycles. The van der Waals surface area contributed by atoms with Crippen molar-refractivity contribution in [3.63, 3.8) is 0 Å². The zero-order valence-corrected chi connectivity index (χ0v) is 10.7. The van der Waals surface area contributed by atoms with Crippen LogP contribution in [0.2, 0.25) is 0 Å². The molecule has 0 radical (unpaired) electrons. The summed E-state index contributed by atoms with van der Waals surface area (Å²) in [5, 5.41) is 0. The summed E-state index contributed by atoms with van der Waals surface area (Å²) in [5.41, 5.74) is 2.47. The summed E-state index contributed by atoms with van der Waals surface area (Å²) < 4.78 is 10.8. The first-order valence-corrected chi connectivity index (χ1v) is 5.92. The van der Waals surface area contributed by atoms with Crippen molar-refractivity contribution >= 4 is 0 Å². The Morgan fingerprint density at radius 1 is 0.812 bits per heavy atom. The van der Waals surface area contributed by atoms with Gasteiger partial charge in [-0.1, -0.05) is 38.1 Å². The van der Waals surface area contributed by atoms with Crippen LogP contribution >= 0.6 is 0 Å². The third-order valence-electron chi connectivity index (χ3n) is 2.99. The number of ether oxygens (including phenoxy) is 2. The van der Waals surface area contributed by atoms with Gasteiger partial charge in [-0.05, 0) is 24.0 Å². The first-order valence-electron chi connectivity index (χ1n) is 5.92. The Labute approximate surface area is 98.6 Å². The van der Waals surface area contributed by atoms with Crippen molar-refractivity contribution in [1.82, 2.24) is 0 Å². The van der Waals surface area contributed by atoms with Crippen LogP contribution in [0.25, 0.3) is 0 Å². The molecule has 0 saturated carbocycles. The van der Waals surface area contributed by atoms with Gasteiger partial charge in [0.25, 0.3) is 0 Å². The molecule has 0 aliphatic carbocycles. The van der Waals surface area contributed by atoms with Gasteiger partial charge in [-0.15, -0.1) is 0 Å². The SMILES string of the molecule is CCC(OC)c1ccc(C(CC)OC)cc1. The third-order valence-corrected chi connectivity index (χ3v) is 2.99. The lowest BCUT2D eigenvalue weighted by Crippen LogP contribution is -2.02. The Kier molecular flexibility index (Phi) is 5.50. The maximum atomic E-state index is 5.41. The van der Waals surface area contributed by atoms with E-state index in [9.17, 15) is 0 Å². The molecule has 0 saturated heterocycles. The monoisotopic (exact) mass is 222 g/mol. The van der Waals surface area contributed by atoms with Crippen LogP contribution in [0.4, 0.5) is 0 Å². The van der Waals surface area contributed by atoms with Crippen LogP contribution in [0.5, 0.6) is 0 Å². The number of hydrogen-bond acceptors (Lipinski definition) is 2. The van der Waals surface area contributed by atoms with Crippen molar-refractivity contribution in [3.05, 3.63) is 35.4 Å². The van der Waals surface area contributed by atoms with E-state index < -0.39 is 0 Å². The molecule has 2 unspecified atom stereocenters. The van der Waals surface area contributed by atoms with Crippen molar-refractivity contribution in [2.24, 2.45) is 0 Å². The van der Waals surface area contributed by atoms with E-state index in [1.54, 1.807) is 14.2 Å². The maximum absolute atomic E-state index is 5.41. The Morgan fingerprint density at radius 3 is 1.31 bits per heavy atom. The molecule has 0 aliphatic rings. The van der Waals surface area contributed by atoms with Crippen LogP contribution in [-0.4, -0.2) is 14.2 Å². The average molecular weight is 222 g/mol. The molecule has 0 aromatic heterocycles. The second kappa shape index (κ2) is 6.66. The van der Waals surface area contributed by atoms with Crippen molar-refractivity contribution in [3.8, 4) is 0 Å². The van der Waals surface area contributed by atoms with Gasteiger partial charge in [-0.2, -0.15) is 0 Å². The van der Waals surface area contributed by atoms with E-state index >= 15 is 0 Å². The van der Waals surface area contributed by atoms with Gasteiger partial charge in [-0.25, -0.2) is 0 Å². The molecule has 0 fully saturated rings. The predicted octanol–water partition coefficient (Wildman–Crippen LogP) is 3.88. The standard InChI is InChI=1S/C14H22O2/c1-5-13(15-3)11-7-9-12(10-8-11)14(6-2)16-4/h7-10,13-14H,5-6H2,1-4H3. The fraction of sp³-hybridized carbons (Fsp3) is 0.571. The molecule has 2 atom stereocenters. The third kappa shape index (κ3) is 3.06. The Bertz CT molecular complexity index is 253. The maximum Gasteiger partial charge on any atom is 0.0818 e. The van der Waals surface area contributed by atoms with Crippen molar-refractivity contribution < 1.29 is 9.47 Å². The average Bonchev–Trinajstić information content (AvgIpc) is 2.34. The lowest BCUT2D eigenvalue weighted by Gasteiger charge is -2.16. The summed E-state index contributed by atoms with van der Waals surface area (Å²) in [6.07, 6.45) is 2.41. The summed E-state index contributed by atoms with van der Waals surface area (Å²) in [6, 6.07) is 8.53. The fourth-order valence-electron chi connectivity index (χ4n) is 2.00. The zero-order valence-electron chi connectivity index (χ0n) is 10.7. The normalized spacial score (nSPS) is 14.8. The molecule has 1 aromatic rings. The molecule has 2 heteroatoms. The smallest absolute Gasteiger partial charge is 0.0818 e. The summed E-state index contributed by atoms with van der Waals surface area (Å²) in [5.74, 6) is 0. The predicted molar refractivity (Wildman–Crippen MR) is 66.5 cm³/mol. The fourth-order valence-corrected chi connectivity index (χ4v) is 2.00. The first-order chi connectivity index (χ1) is 7.76. The van der Waals surface area contributed by atoms with Crippen LogP contribution in [0.3, 0.4) is 0 Å². The largest absolute Gasteiger partial charge is 0.377 e. The highest BCUT2D eigenvalue weighted by molar-refractivity contribution is 5.25. The van der Waals surface area contributed by atoms with Crippen LogP contribution in [0.1, 0.15) is 50.0 Å². The number of methoxy groups -OCH3 is 2. The van der Waals surface area contributed by atoms with Crippen molar-refractivity contribution in [2.75, 3.05) is 14.2 Å². The minimum atomic E-state index is 0.205. The summed E-state index contributed by atoms with van der Waals surface area (Å²) in [4.78, 5) is 0. The molecule has 90 valence electrons. The number of benzene rings is 1. The van der Waals surface area contributed by atoms with Crippen molar-refractivity contribution in [2.45, 2.75) is 38.9 Å². The van der Waals surface area contributed by atoms with Gasteiger partial charge >= 0.3 is 0 Å². The van der Waals surface area contributed by atoms with Crippen molar-refractivity contribution in [1.29, 1.82) is 0 Å². The minimum absolute atomic E-state index is 0.205. The molecule has 1 aromatic carbocycles. The summed E-state index contributed by atoms with van der Waals surface area (Å²) in [6.45, 7) is 4.26. The van der Waals surface area contributed by atoms with Gasteiger partial charge in [0.2, 0.25) is 0 Å². The highest BCUT2D eigenvalue weighted by atomic mass is 16.5. The van der Waals surface area contributed by atoms with Gasteiger partial charge in [0.1, 0.15) is 0 Å². The molecular weight excluding hydrogens is 200 g/mol. The van der Waals surface area contributed by atoms with E-state index in [0.717, 1.165) is 12.8 Å². The van der Waals surface area contributed by atoms with Crippen LogP contribution in [0, 0.1) is 0 Å². The highest BCUT2D eigenvalue weighted by Crippen LogP contribution is 2.24. The molecule has 2 nitrogen and oxygen atoms in total. The molecule has 1 rings (SSSR count). The lowest BCUT2D eigenvalue weighted by atomic mass is 10.0. The van der Waals surface area contributed by atoms with Crippen LogP contribution in [0.15, 0.2) is 24.3 Å². The molecule has 0 N–H and O–H groups in total. The van der Waals surface area contributed by atoms with E-state index in [0.29, 0.717) is 0 Å². The van der Waals surface area contributed by atoms with E-state index in [1.807, 2.05) is 0 Å². The number of rotatable bonds is 6. The topological polar surface area (TPSA) is 18.5 Å². The molecule has 16 heavy (non-hydrogen) atoms. The van der Waals surface area contributed by atoms with Gasteiger partial charge < -0.3 is 9.47 Å². The van der Waals surface area contributed by atoms with E-state index in [2.05, 4.69) is 38.1 Å². The van der Waals surface area contributed by atoms with Gasteiger partial charge in [-0.3, -0.25) is 0 Å². The van der Waals surface area contributed by atoms with E-state index in [4.69, 9.17) is 9.47 Å².